The SMILES string of the molecule is CCNc1cc(N(C)CC(C)(C)C)nc(C2CC2)n1. The van der Waals surface area contributed by atoms with Gasteiger partial charge in [0.2, 0.25) is 0 Å². The molecule has 0 unspecified atom stereocenters. The van der Waals surface area contributed by atoms with Crippen LogP contribution in [0.15, 0.2) is 6.07 Å². The van der Waals surface area contributed by atoms with E-state index in [1.807, 2.05) is 0 Å². The van der Waals surface area contributed by atoms with Gasteiger partial charge >= 0.3 is 0 Å². The maximum atomic E-state index is 4.74. The van der Waals surface area contributed by atoms with Crippen LogP contribution in [0.1, 0.15) is 52.3 Å². The molecule has 1 saturated carbocycles. The average molecular weight is 262 g/mol. The molecule has 1 aromatic rings. The number of nitrogens with one attached hydrogen (secondary N) is 1. The maximum absolute atomic E-state index is 4.74. The molecule has 106 valence electrons. The first-order valence-corrected chi connectivity index (χ1v) is 7.23. The molecule has 1 N–H and O–H groups in total. The van der Waals surface area contributed by atoms with Gasteiger partial charge < -0.3 is 10.2 Å². The number of aromatic nitrogens is 2. The van der Waals surface area contributed by atoms with Gasteiger partial charge in [-0.1, -0.05) is 20.8 Å². The van der Waals surface area contributed by atoms with E-state index in [9.17, 15) is 0 Å². The van der Waals surface area contributed by atoms with E-state index in [0.29, 0.717) is 5.92 Å². The quantitative estimate of drug-likeness (QED) is 0.884. The van der Waals surface area contributed by atoms with Gasteiger partial charge in [0.15, 0.2) is 0 Å². The van der Waals surface area contributed by atoms with Crippen molar-refractivity contribution < 1.29 is 0 Å². The Bertz CT molecular complexity index is 432. The van der Waals surface area contributed by atoms with Crippen molar-refractivity contribution in [3.8, 4) is 0 Å². The highest BCUT2D eigenvalue weighted by Crippen LogP contribution is 2.39. The fraction of sp³-hybridized carbons (Fsp3) is 0.733. The number of nitrogens with zero attached hydrogens (tertiary/aromatic N) is 3. The number of hydrogen-bond donors (Lipinski definition) is 1. The monoisotopic (exact) mass is 262 g/mol. The summed E-state index contributed by atoms with van der Waals surface area (Å²) in [4.78, 5) is 11.6. The summed E-state index contributed by atoms with van der Waals surface area (Å²) in [6.07, 6.45) is 2.47. The molecule has 4 heteroatoms. The lowest BCUT2D eigenvalue weighted by Gasteiger charge is -2.28. The van der Waals surface area contributed by atoms with Crippen LogP contribution in [0, 0.1) is 5.41 Å². The van der Waals surface area contributed by atoms with Gasteiger partial charge in [-0.2, -0.15) is 0 Å². The minimum atomic E-state index is 0.262. The van der Waals surface area contributed by atoms with Gasteiger partial charge in [0.05, 0.1) is 0 Å². The van der Waals surface area contributed by atoms with Gasteiger partial charge in [0.25, 0.3) is 0 Å². The van der Waals surface area contributed by atoms with Crippen molar-refractivity contribution in [1.82, 2.24) is 9.97 Å². The lowest BCUT2D eigenvalue weighted by molar-refractivity contribution is 0.417. The predicted molar refractivity (Wildman–Crippen MR) is 80.9 cm³/mol. The molecule has 0 spiro atoms. The second kappa shape index (κ2) is 5.35. The van der Waals surface area contributed by atoms with Crippen LogP contribution >= 0.6 is 0 Å². The van der Waals surface area contributed by atoms with E-state index in [0.717, 1.165) is 30.5 Å². The minimum Gasteiger partial charge on any atom is -0.370 e. The first kappa shape index (κ1) is 14.1. The van der Waals surface area contributed by atoms with E-state index in [1.165, 1.54) is 12.8 Å². The van der Waals surface area contributed by atoms with Crippen LogP contribution in [-0.2, 0) is 0 Å². The van der Waals surface area contributed by atoms with Gasteiger partial charge in [0.1, 0.15) is 17.5 Å². The Morgan fingerprint density at radius 2 is 2.00 bits per heavy atom. The van der Waals surface area contributed by atoms with E-state index in [4.69, 9.17) is 4.98 Å². The second-order valence-corrected chi connectivity index (χ2v) is 6.69. The van der Waals surface area contributed by atoms with Crippen LogP contribution in [0.25, 0.3) is 0 Å². The standard InChI is InChI=1S/C15H26N4/c1-6-16-12-9-13(19(5)10-15(2,3)4)18-14(17-12)11-7-8-11/h9,11H,6-8,10H2,1-5H3,(H,16,17,18). The Labute approximate surface area is 116 Å². The first-order chi connectivity index (χ1) is 8.89. The van der Waals surface area contributed by atoms with Crippen LogP contribution < -0.4 is 10.2 Å². The Morgan fingerprint density at radius 1 is 1.32 bits per heavy atom. The molecule has 1 fully saturated rings. The summed E-state index contributed by atoms with van der Waals surface area (Å²) < 4.78 is 0. The zero-order valence-corrected chi connectivity index (χ0v) is 12.8. The van der Waals surface area contributed by atoms with Crippen LogP contribution in [-0.4, -0.2) is 30.1 Å². The summed E-state index contributed by atoms with van der Waals surface area (Å²) in [5.74, 6) is 3.58. The van der Waals surface area contributed by atoms with Gasteiger partial charge in [-0.25, -0.2) is 9.97 Å². The Morgan fingerprint density at radius 3 is 2.53 bits per heavy atom. The highest BCUT2D eigenvalue weighted by molar-refractivity contribution is 5.49. The van der Waals surface area contributed by atoms with Crippen molar-refractivity contribution in [2.75, 3.05) is 30.4 Å². The van der Waals surface area contributed by atoms with E-state index in [-0.39, 0.29) is 5.41 Å². The number of anilines is 2. The molecule has 4 nitrogen and oxygen atoms in total. The molecule has 2 rings (SSSR count). The van der Waals surface area contributed by atoms with Crippen LogP contribution in [0.4, 0.5) is 11.6 Å². The zero-order chi connectivity index (χ0) is 14.0. The van der Waals surface area contributed by atoms with Gasteiger partial charge in [0, 0.05) is 32.1 Å². The van der Waals surface area contributed by atoms with Crippen molar-refractivity contribution in [2.45, 2.75) is 46.5 Å². The number of rotatable bonds is 5. The fourth-order valence-electron chi connectivity index (χ4n) is 2.24. The molecule has 1 aromatic heterocycles. The second-order valence-electron chi connectivity index (χ2n) is 6.69. The van der Waals surface area contributed by atoms with Crippen molar-refractivity contribution in [2.24, 2.45) is 5.41 Å². The molecule has 0 aliphatic heterocycles. The topological polar surface area (TPSA) is 41.0 Å². The summed E-state index contributed by atoms with van der Waals surface area (Å²) in [5.41, 5.74) is 0.262. The molecule has 0 bridgehead atoms. The summed E-state index contributed by atoms with van der Waals surface area (Å²) in [6.45, 7) is 10.7. The largest absolute Gasteiger partial charge is 0.370 e. The summed E-state index contributed by atoms with van der Waals surface area (Å²) in [7, 11) is 2.11. The van der Waals surface area contributed by atoms with Gasteiger partial charge in [-0.15, -0.1) is 0 Å². The molecule has 0 aromatic carbocycles. The van der Waals surface area contributed by atoms with Crippen molar-refractivity contribution in [3.63, 3.8) is 0 Å². The molecule has 1 heterocycles. The molecule has 1 aliphatic carbocycles. The van der Waals surface area contributed by atoms with Crippen molar-refractivity contribution in [1.29, 1.82) is 0 Å². The van der Waals surface area contributed by atoms with E-state index in [2.05, 4.69) is 56.0 Å². The van der Waals surface area contributed by atoms with Crippen molar-refractivity contribution in [3.05, 3.63) is 11.9 Å². The smallest absolute Gasteiger partial charge is 0.136 e. The van der Waals surface area contributed by atoms with Crippen LogP contribution in [0.2, 0.25) is 0 Å². The van der Waals surface area contributed by atoms with E-state index >= 15 is 0 Å². The lowest BCUT2D eigenvalue weighted by Crippen LogP contribution is -2.30. The summed E-state index contributed by atoms with van der Waals surface area (Å²) in [5, 5.41) is 3.31. The molecule has 19 heavy (non-hydrogen) atoms. The third-order valence-corrected chi connectivity index (χ3v) is 3.13. The van der Waals surface area contributed by atoms with Gasteiger partial charge in [-0.3, -0.25) is 0 Å². The highest BCUT2D eigenvalue weighted by atomic mass is 15.2. The predicted octanol–water partition coefficient (Wildman–Crippen LogP) is 3.27. The molecule has 0 radical (unpaired) electrons. The average Bonchev–Trinajstić information content (AvgIpc) is 3.10. The van der Waals surface area contributed by atoms with E-state index in [1.54, 1.807) is 0 Å². The van der Waals surface area contributed by atoms with Crippen molar-refractivity contribution >= 4 is 11.6 Å². The molecule has 0 amide bonds. The molecular formula is C15H26N4. The Balaban J connectivity index is 2.22. The number of hydrogen-bond acceptors (Lipinski definition) is 4. The van der Waals surface area contributed by atoms with Gasteiger partial charge in [-0.05, 0) is 25.2 Å². The fourth-order valence-corrected chi connectivity index (χ4v) is 2.24. The zero-order valence-electron chi connectivity index (χ0n) is 12.8. The van der Waals surface area contributed by atoms with Crippen LogP contribution in [0.5, 0.6) is 0 Å². The molecular weight excluding hydrogens is 236 g/mol. The third-order valence-electron chi connectivity index (χ3n) is 3.13. The molecule has 1 aliphatic rings. The van der Waals surface area contributed by atoms with Crippen LogP contribution in [0.3, 0.4) is 0 Å². The molecule has 0 atom stereocenters. The third kappa shape index (κ3) is 4.08. The summed E-state index contributed by atoms with van der Waals surface area (Å²) >= 11 is 0. The van der Waals surface area contributed by atoms with E-state index < -0.39 is 0 Å². The Kier molecular flexibility index (Phi) is 3.97. The Hall–Kier alpha value is -1.32. The first-order valence-electron chi connectivity index (χ1n) is 7.23. The normalized spacial score (nSPS) is 15.4. The summed E-state index contributed by atoms with van der Waals surface area (Å²) in [6, 6.07) is 2.06. The highest BCUT2D eigenvalue weighted by Gasteiger charge is 2.28. The maximum Gasteiger partial charge on any atom is 0.136 e. The molecule has 0 saturated heterocycles. The lowest BCUT2D eigenvalue weighted by atomic mass is 9.96. The minimum absolute atomic E-state index is 0.262.